The Morgan fingerprint density at radius 1 is 1.41 bits per heavy atom. The summed E-state index contributed by atoms with van der Waals surface area (Å²) in [7, 11) is 0. The Balaban J connectivity index is 1.72. The maximum absolute atomic E-state index is 11.9. The predicted molar refractivity (Wildman–Crippen MR) is 86.9 cm³/mol. The van der Waals surface area contributed by atoms with E-state index in [1.165, 1.54) is 21.8 Å². The van der Waals surface area contributed by atoms with Gasteiger partial charge in [-0.15, -0.1) is 6.58 Å². The number of amides is 1. The molecule has 0 aliphatic rings. The highest BCUT2D eigenvalue weighted by molar-refractivity contribution is 5.85. The van der Waals surface area contributed by atoms with Crippen LogP contribution in [-0.4, -0.2) is 27.1 Å². The Morgan fingerprint density at radius 2 is 2.27 bits per heavy atom. The number of rotatable bonds is 5. The van der Waals surface area contributed by atoms with E-state index in [1.807, 2.05) is 18.2 Å². The van der Waals surface area contributed by atoms with Gasteiger partial charge < -0.3 is 10.3 Å². The summed E-state index contributed by atoms with van der Waals surface area (Å²) in [6.07, 6.45) is 8.17. The summed E-state index contributed by atoms with van der Waals surface area (Å²) in [5.41, 5.74) is 3.52. The van der Waals surface area contributed by atoms with Gasteiger partial charge in [0.25, 0.3) is 0 Å². The molecule has 1 aromatic carbocycles. The first-order chi connectivity index (χ1) is 10.8. The zero-order valence-corrected chi connectivity index (χ0v) is 12.2. The molecular weight excluding hydrogens is 276 g/mol. The van der Waals surface area contributed by atoms with Gasteiger partial charge in [-0.2, -0.15) is 0 Å². The van der Waals surface area contributed by atoms with Crippen LogP contribution in [0.3, 0.4) is 0 Å². The van der Waals surface area contributed by atoms with Crippen LogP contribution in [0.5, 0.6) is 0 Å². The van der Waals surface area contributed by atoms with Crippen molar-refractivity contribution >= 4 is 16.9 Å². The fraction of sp³-hybridized carbons (Fsp3) is 0.176. The summed E-state index contributed by atoms with van der Waals surface area (Å²) >= 11 is 0. The van der Waals surface area contributed by atoms with E-state index in [2.05, 4.69) is 34.0 Å². The maximum Gasteiger partial charge on any atom is 0.326 e. The molecule has 3 aromatic rings. The molecule has 22 heavy (non-hydrogen) atoms. The van der Waals surface area contributed by atoms with Crippen molar-refractivity contribution in [3.05, 3.63) is 66.9 Å². The normalized spacial score (nSPS) is 10.7. The van der Waals surface area contributed by atoms with Crippen LogP contribution in [-0.2, 0) is 12.8 Å². The van der Waals surface area contributed by atoms with Crippen molar-refractivity contribution in [2.45, 2.75) is 12.8 Å². The molecule has 0 atom stereocenters. The molecule has 3 rings (SSSR count). The van der Waals surface area contributed by atoms with Gasteiger partial charge in [0, 0.05) is 42.0 Å². The molecule has 112 valence electrons. The number of benzene rings is 1. The highest BCUT2D eigenvalue weighted by Gasteiger charge is 2.10. The van der Waals surface area contributed by atoms with Crippen LogP contribution in [0.25, 0.3) is 10.9 Å². The zero-order chi connectivity index (χ0) is 15.4. The second kappa shape index (κ2) is 6.30. The van der Waals surface area contributed by atoms with Crippen molar-refractivity contribution in [1.82, 2.24) is 19.9 Å². The number of H-pyrrole nitrogens is 1. The SMILES string of the molecule is C=CCc1c(CCNC(=O)n2ccnc2)[nH]c2ccccc12. The number of nitrogens with zero attached hydrogens (tertiary/aromatic N) is 2. The maximum atomic E-state index is 11.9. The number of aromatic amines is 1. The summed E-state index contributed by atoms with van der Waals surface area (Å²) in [5, 5.41) is 4.11. The fourth-order valence-electron chi connectivity index (χ4n) is 2.61. The van der Waals surface area contributed by atoms with E-state index in [0.717, 1.165) is 24.1 Å². The molecule has 0 aliphatic heterocycles. The van der Waals surface area contributed by atoms with Crippen LogP contribution in [0, 0.1) is 0 Å². The molecule has 2 N–H and O–H groups in total. The Labute approximate surface area is 128 Å². The van der Waals surface area contributed by atoms with Gasteiger partial charge in [0.1, 0.15) is 6.33 Å². The first-order valence-corrected chi connectivity index (χ1v) is 7.25. The number of nitrogens with one attached hydrogen (secondary N) is 2. The van der Waals surface area contributed by atoms with Crippen molar-refractivity contribution in [1.29, 1.82) is 0 Å². The zero-order valence-electron chi connectivity index (χ0n) is 12.2. The molecule has 2 heterocycles. The Kier molecular flexibility index (Phi) is 4.05. The highest BCUT2D eigenvalue weighted by Crippen LogP contribution is 2.23. The molecule has 0 saturated heterocycles. The summed E-state index contributed by atoms with van der Waals surface area (Å²) in [6, 6.07) is 8.06. The van der Waals surface area contributed by atoms with Gasteiger partial charge in [-0.3, -0.25) is 4.57 Å². The molecule has 5 heteroatoms. The lowest BCUT2D eigenvalue weighted by Crippen LogP contribution is -2.29. The number of allylic oxidation sites excluding steroid dienone is 1. The van der Waals surface area contributed by atoms with Gasteiger partial charge in [-0.05, 0) is 18.1 Å². The highest BCUT2D eigenvalue weighted by atomic mass is 16.2. The number of fused-ring (bicyclic) bond motifs is 1. The molecule has 5 nitrogen and oxygen atoms in total. The fourth-order valence-corrected chi connectivity index (χ4v) is 2.61. The first-order valence-electron chi connectivity index (χ1n) is 7.25. The lowest BCUT2D eigenvalue weighted by molar-refractivity contribution is 0.242. The molecule has 2 aromatic heterocycles. The Bertz CT molecular complexity index is 786. The minimum atomic E-state index is -0.168. The Hall–Kier alpha value is -2.82. The topological polar surface area (TPSA) is 62.7 Å². The number of carbonyl (C=O) groups is 1. The van der Waals surface area contributed by atoms with E-state index >= 15 is 0 Å². The lowest BCUT2D eigenvalue weighted by Gasteiger charge is -2.06. The number of hydrogen-bond acceptors (Lipinski definition) is 2. The summed E-state index contributed by atoms with van der Waals surface area (Å²) in [6.45, 7) is 4.40. The molecule has 0 fully saturated rings. The summed E-state index contributed by atoms with van der Waals surface area (Å²) in [5.74, 6) is 0. The van der Waals surface area contributed by atoms with Crippen LogP contribution in [0.2, 0.25) is 0 Å². The quantitative estimate of drug-likeness (QED) is 0.711. The van der Waals surface area contributed by atoms with Crippen molar-refractivity contribution < 1.29 is 4.79 Å². The largest absolute Gasteiger partial charge is 0.358 e. The van der Waals surface area contributed by atoms with Crippen molar-refractivity contribution in [2.75, 3.05) is 6.54 Å². The van der Waals surface area contributed by atoms with Gasteiger partial charge in [-0.1, -0.05) is 24.3 Å². The van der Waals surface area contributed by atoms with E-state index in [4.69, 9.17) is 0 Å². The smallest absolute Gasteiger partial charge is 0.326 e. The second-order valence-electron chi connectivity index (χ2n) is 5.07. The number of para-hydroxylation sites is 1. The van der Waals surface area contributed by atoms with E-state index < -0.39 is 0 Å². The molecular formula is C17H18N4O. The molecule has 0 aliphatic carbocycles. The van der Waals surface area contributed by atoms with E-state index in [0.29, 0.717) is 6.54 Å². The molecule has 0 bridgehead atoms. The third-order valence-electron chi connectivity index (χ3n) is 3.64. The van der Waals surface area contributed by atoms with Crippen LogP contribution in [0.15, 0.2) is 55.6 Å². The van der Waals surface area contributed by atoms with Gasteiger partial charge in [0.05, 0.1) is 0 Å². The van der Waals surface area contributed by atoms with Crippen molar-refractivity contribution in [2.24, 2.45) is 0 Å². The Morgan fingerprint density at radius 3 is 3.05 bits per heavy atom. The molecule has 0 saturated carbocycles. The number of hydrogen-bond donors (Lipinski definition) is 2. The van der Waals surface area contributed by atoms with Gasteiger partial charge in [0.15, 0.2) is 0 Å². The van der Waals surface area contributed by atoms with Crippen LogP contribution >= 0.6 is 0 Å². The van der Waals surface area contributed by atoms with Gasteiger partial charge in [0.2, 0.25) is 0 Å². The minimum absolute atomic E-state index is 0.168. The van der Waals surface area contributed by atoms with Gasteiger partial charge >= 0.3 is 6.03 Å². The van der Waals surface area contributed by atoms with Crippen molar-refractivity contribution in [3.8, 4) is 0 Å². The number of imidazole rings is 1. The lowest BCUT2D eigenvalue weighted by atomic mass is 10.1. The van der Waals surface area contributed by atoms with E-state index in [9.17, 15) is 4.79 Å². The van der Waals surface area contributed by atoms with Crippen LogP contribution < -0.4 is 5.32 Å². The average molecular weight is 294 g/mol. The second-order valence-corrected chi connectivity index (χ2v) is 5.07. The standard InChI is InChI=1S/C17H18N4O/c1-2-5-13-14-6-3-4-7-15(14)20-16(13)8-9-19-17(22)21-11-10-18-12-21/h2-4,6-7,10-12,20H,1,5,8-9H2,(H,19,22). The third kappa shape index (κ3) is 2.79. The first kappa shape index (κ1) is 14.1. The number of aromatic nitrogens is 3. The number of carbonyl (C=O) groups excluding carboxylic acids is 1. The average Bonchev–Trinajstić information content (AvgIpc) is 3.16. The van der Waals surface area contributed by atoms with Gasteiger partial charge in [-0.25, -0.2) is 9.78 Å². The summed E-state index contributed by atoms with van der Waals surface area (Å²) in [4.78, 5) is 19.2. The van der Waals surface area contributed by atoms with E-state index in [-0.39, 0.29) is 6.03 Å². The van der Waals surface area contributed by atoms with Crippen LogP contribution in [0.4, 0.5) is 4.79 Å². The molecule has 0 radical (unpaired) electrons. The minimum Gasteiger partial charge on any atom is -0.358 e. The third-order valence-corrected chi connectivity index (χ3v) is 3.64. The predicted octanol–water partition coefficient (Wildman–Crippen LogP) is 2.89. The monoisotopic (exact) mass is 294 g/mol. The molecule has 0 spiro atoms. The van der Waals surface area contributed by atoms with E-state index in [1.54, 1.807) is 12.4 Å². The molecule has 1 amide bonds. The molecule has 0 unspecified atom stereocenters. The van der Waals surface area contributed by atoms with Crippen LogP contribution in [0.1, 0.15) is 11.3 Å². The summed E-state index contributed by atoms with van der Waals surface area (Å²) < 4.78 is 1.43. The van der Waals surface area contributed by atoms with Crippen molar-refractivity contribution in [3.63, 3.8) is 0 Å².